The second-order valence-electron chi connectivity index (χ2n) is 6.94. The van der Waals surface area contributed by atoms with Crippen LogP contribution in [0.3, 0.4) is 0 Å². The van der Waals surface area contributed by atoms with Gasteiger partial charge in [-0.1, -0.05) is 24.3 Å². The molecule has 5 rings (SSSR count). The number of nitrogens with zero attached hydrogens (tertiary/aromatic N) is 4. The van der Waals surface area contributed by atoms with Gasteiger partial charge in [0.25, 0.3) is 0 Å². The molecule has 1 aromatic carbocycles. The Hall–Kier alpha value is -3.48. The van der Waals surface area contributed by atoms with Crippen molar-refractivity contribution >= 4 is 23.3 Å². The van der Waals surface area contributed by atoms with Gasteiger partial charge < -0.3 is 5.11 Å². The minimum Gasteiger partial charge on any atom is -0.384 e. The zero-order chi connectivity index (χ0) is 20.3. The molecule has 146 valence electrons. The highest BCUT2D eigenvalue weighted by Gasteiger charge is 2.23. The Kier molecular flexibility index (Phi) is 5.01. The summed E-state index contributed by atoms with van der Waals surface area (Å²) in [7, 11) is 0. The third-order valence-corrected chi connectivity index (χ3v) is 6.32. The van der Waals surface area contributed by atoms with Gasteiger partial charge in [0.05, 0.1) is 10.6 Å². The second-order valence-corrected chi connectivity index (χ2v) is 7.99. The van der Waals surface area contributed by atoms with Crippen LogP contribution >= 0.6 is 11.3 Å². The fourth-order valence-electron chi connectivity index (χ4n) is 3.49. The van der Waals surface area contributed by atoms with Crippen LogP contribution in [0, 0.1) is 0 Å². The van der Waals surface area contributed by atoms with E-state index in [1.807, 2.05) is 48.5 Å². The first-order valence-electron chi connectivity index (χ1n) is 9.61. The van der Waals surface area contributed by atoms with E-state index in [1.54, 1.807) is 42.3 Å². The van der Waals surface area contributed by atoms with E-state index in [4.69, 9.17) is 0 Å². The molecule has 1 aliphatic rings. The third-order valence-electron chi connectivity index (χ3n) is 5.07. The Morgan fingerprint density at radius 3 is 2.07 bits per heavy atom. The number of pyridine rings is 2. The quantitative estimate of drug-likeness (QED) is 0.496. The van der Waals surface area contributed by atoms with Gasteiger partial charge in [0.15, 0.2) is 0 Å². The van der Waals surface area contributed by atoms with Crippen molar-refractivity contribution in [2.45, 2.75) is 12.5 Å². The van der Waals surface area contributed by atoms with E-state index in [0.29, 0.717) is 6.42 Å². The van der Waals surface area contributed by atoms with Crippen LogP contribution in [0.2, 0.25) is 0 Å². The lowest BCUT2D eigenvalue weighted by Crippen LogP contribution is -2.05. The molecule has 0 fully saturated rings. The standard InChI is InChI=1S/C24H18N4OS/c29-23(19-3-1-16(2-4-19)17-5-10-25-11-6-17)20-15-22(18-7-12-26-13-8-18)30-24(20)21-9-14-27-28-21/h1-8,10-15,23,29H,9H2. The van der Waals surface area contributed by atoms with Gasteiger partial charge in [-0.15, -0.1) is 11.3 Å². The van der Waals surface area contributed by atoms with Gasteiger partial charge in [-0.3, -0.25) is 9.97 Å². The predicted molar refractivity (Wildman–Crippen MR) is 121 cm³/mol. The van der Waals surface area contributed by atoms with E-state index in [9.17, 15) is 5.11 Å². The first-order valence-corrected chi connectivity index (χ1v) is 10.4. The van der Waals surface area contributed by atoms with Crippen LogP contribution in [-0.4, -0.2) is 27.0 Å². The summed E-state index contributed by atoms with van der Waals surface area (Å²) in [5.41, 5.74) is 5.84. The van der Waals surface area contributed by atoms with Gasteiger partial charge in [-0.05, 0) is 52.6 Å². The normalized spacial score (nSPS) is 14.0. The van der Waals surface area contributed by atoms with Crippen molar-refractivity contribution in [1.29, 1.82) is 0 Å². The van der Waals surface area contributed by atoms with E-state index in [-0.39, 0.29) is 0 Å². The summed E-state index contributed by atoms with van der Waals surface area (Å²) in [5.74, 6) is 0. The summed E-state index contributed by atoms with van der Waals surface area (Å²) in [6.07, 6.45) is 8.83. The van der Waals surface area contributed by atoms with E-state index in [1.165, 1.54) is 0 Å². The minimum absolute atomic E-state index is 0.678. The molecule has 0 radical (unpaired) electrons. The number of benzene rings is 1. The number of hydrogen-bond donors (Lipinski definition) is 1. The summed E-state index contributed by atoms with van der Waals surface area (Å²) in [6.45, 7) is 0. The number of thiophene rings is 1. The molecule has 30 heavy (non-hydrogen) atoms. The molecule has 4 aromatic rings. The summed E-state index contributed by atoms with van der Waals surface area (Å²) in [5, 5.41) is 19.5. The van der Waals surface area contributed by atoms with Crippen molar-refractivity contribution in [2.75, 3.05) is 0 Å². The smallest absolute Gasteiger partial charge is 0.106 e. The maximum atomic E-state index is 11.2. The first kappa shape index (κ1) is 18.5. The van der Waals surface area contributed by atoms with Gasteiger partial charge in [0, 0.05) is 47.9 Å². The second kappa shape index (κ2) is 8.10. The molecule has 1 aliphatic heterocycles. The highest BCUT2D eigenvalue weighted by molar-refractivity contribution is 7.17. The van der Waals surface area contributed by atoms with E-state index in [2.05, 4.69) is 26.2 Å². The monoisotopic (exact) mass is 410 g/mol. The SMILES string of the molecule is OC(c1ccc(-c2ccncc2)cc1)c1cc(-c2ccncc2)sc1C1=NN=CC1. The summed E-state index contributed by atoms with van der Waals surface area (Å²) >= 11 is 1.63. The molecule has 6 heteroatoms. The number of aliphatic hydroxyl groups excluding tert-OH is 1. The molecular weight excluding hydrogens is 392 g/mol. The molecular formula is C24H18N4OS. The molecule has 1 atom stereocenters. The van der Waals surface area contributed by atoms with Crippen LogP contribution in [0.4, 0.5) is 0 Å². The molecule has 1 unspecified atom stereocenters. The Morgan fingerprint density at radius 2 is 1.43 bits per heavy atom. The van der Waals surface area contributed by atoms with Crippen molar-refractivity contribution in [3.63, 3.8) is 0 Å². The van der Waals surface area contributed by atoms with Crippen LogP contribution < -0.4 is 0 Å². The van der Waals surface area contributed by atoms with Gasteiger partial charge >= 0.3 is 0 Å². The van der Waals surface area contributed by atoms with E-state index >= 15 is 0 Å². The average molecular weight is 411 g/mol. The number of aliphatic hydroxyl groups is 1. The van der Waals surface area contributed by atoms with Gasteiger partial charge in [0.2, 0.25) is 0 Å². The third kappa shape index (κ3) is 3.58. The molecule has 3 aromatic heterocycles. The lowest BCUT2D eigenvalue weighted by molar-refractivity contribution is 0.220. The van der Waals surface area contributed by atoms with Crippen molar-refractivity contribution in [2.24, 2.45) is 10.2 Å². The van der Waals surface area contributed by atoms with Crippen LogP contribution in [0.5, 0.6) is 0 Å². The lowest BCUT2D eigenvalue weighted by atomic mass is 9.97. The Morgan fingerprint density at radius 1 is 0.800 bits per heavy atom. The zero-order valence-corrected chi connectivity index (χ0v) is 16.8. The van der Waals surface area contributed by atoms with Crippen molar-refractivity contribution in [3.05, 3.63) is 95.4 Å². The van der Waals surface area contributed by atoms with E-state index < -0.39 is 6.10 Å². The number of hydrogen-bond acceptors (Lipinski definition) is 6. The summed E-state index contributed by atoms with van der Waals surface area (Å²) < 4.78 is 0. The largest absolute Gasteiger partial charge is 0.384 e. The number of aromatic nitrogens is 2. The van der Waals surface area contributed by atoms with Crippen LogP contribution in [-0.2, 0) is 0 Å². The topological polar surface area (TPSA) is 70.7 Å². The minimum atomic E-state index is -0.748. The van der Waals surface area contributed by atoms with Gasteiger partial charge in [0.1, 0.15) is 6.10 Å². The maximum absolute atomic E-state index is 11.2. The Balaban J connectivity index is 1.51. The summed E-state index contributed by atoms with van der Waals surface area (Å²) in [4.78, 5) is 10.2. The molecule has 0 saturated carbocycles. The lowest BCUT2D eigenvalue weighted by Gasteiger charge is -2.13. The van der Waals surface area contributed by atoms with Crippen LogP contribution in [0.15, 0.2) is 89.6 Å². The number of rotatable bonds is 5. The van der Waals surface area contributed by atoms with Crippen LogP contribution in [0.25, 0.3) is 21.6 Å². The first-order chi connectivity index (χ1) is 14.8. The summed E-state index contributed by atoms with van der Waals surface area (Å²) in [6, 6.07) is 18.0. The van der Waals surface area contributed by atoms with Crippen molar-refractivity contribution < 1.29 is 5.11 Å². The molecule has 5 nitrogen and oxygen atoms in total. The Bertz CT molecular complexity index is 1220. The molecule has 0 bridgehead atoms. The molecule has 0 spiro atoms. The van der Waals surface area contributed by atoms with Gasteiger partial charge in [-0.2, -0.15) is 10.2 Å². The van der Waals surface area contributed by atoms with E-state index in [0.717, 1.165) is 43.3 Å². The van der Waals surface area contributed by atoms with Crippen molar-refractivity contribution in [3.8, 4) is 21.6 Å². The molecule has 0 aliphatic carbocycles. The molecule has 0 amide bonds. The molecule has 0 saturated heterocycles. The highest BCUT2D eigenvalue weighted by atomic mass is 32.1. The maximum Gasteiger partial charge on any atom is 0.106 e. The molecule has 4 heterocycles. The Labute approximate surface area is 178 Å². The van der Waals surface area contributed by atoms with Crippen molar-refractivity contribution in [1.82, 2.24) is 9.97 Å². The fourth-order valence-corrected chi connectivity index (χ4v) is 4.68. The predicted octanol–water partition coefficient (Wildman–Crippen LogP) is 5.13. The average Bonchev–Trinajstić information content (AvgIpc) is 3.50. The highest BCUT2D eigenvalue weighted by Crippen LogP contribution is 2.38. The zero-order valence-electron chi connectivity index (χ0n) is 16.0. The fraction of sp³-hybridized carbons (Fsp3) is 0.0833. The van der Waals surface area contributed by atoms with Crippen LogP contribution in [0.1, 0.15) is 28.5 Å². The molecule has 1 N–H and O–H groups in total. The van der Waals surface area contributed by atoms with Gasteiger partial charge in [-0.25, -0.2) is 0 Å².